The second kappa shape index (κ2) is 7.05. The van der Waals surface area contributed by atoms with E-state index in [0.717, 1.165) is 10.4 Å². The molecule has 0 spiro atoms. The Morgan fingerprint density at radius 3 is 2.75 bits per heavy atom. The molecule has 3 aromatic heterocycles. The van der Waals surface area contributed by atoms with Crippen LogP contribution in [0.15, 0.2) is 57.1 Å². The second-order valence-electron chi connectivity index (χ2n) is 6.33. The van der Waals surface area contributed by atoms with Gasteiger partial charge in [-0.25, -0.2) is 9.18 Å². The summed E-state index contributed by atoms with van der Waals surface area (Å²) in [5, 5.41) is 5.97. The fraction of sp³-hybridized carbons (Fsp3) is 0.150. The normalized spacial score (nSPS) is 11.1. The Kier molecular flexibility index (Phi) is 4.56. The lowest BCUT2D eigenvalue weighted by molar-refractivity contribution is 0.0964. The van der Waals surface area contributed by atoms with E-state index < -0.39 is 5.76 Å². The van der Waals surface area contributed by atoms with E-state index in [-0.39, 0.29) is 24.0 Å². The van der Waals surface area contributed by atoms with Crippen LogP contribution < -0.4 is 5.76 Å². The number of hydrogen-bond donors (Lipinski definition) is 0. The number of aromatic nitrogens is 3. The summed E-state index contributed by atoms with van der Waals surface area (Å²) < 4.78 is 21.6. The molecular formula is C20H16FN3O3S. The highest BCUT2D eigenvalue weighted by molar-refractivity contribution is 7.13. The van der Waals surface area contributed by atoms with Gasteiger partial charge in [-0.1, -0.05) is 12.1 Å². The summed E-state index contributed by atoms with van der Waals surface area (Å²) in [6, 6.07) is 11.5. The van der Waals surface area contributed by atoms with Crippen LogP contribution in [0, 0.1) is 19.7 Å². The molecule has 142 valence electrons. The zero-order valence-corrected chi connectivity index (χ0v) is 16.0. The lowest BCUT2D eigenvalue weighted by Gasteiger charge is -2.09. The van der Waals surface area contributed by atoms with E-state index in [1.807, 2.05) is 18.4 Å². The van der Waals surface area contributed by atoms with Gasteiger partial charge >= 0.3 is 5.76 Å². The number of carbonyl (C=O) groups is 1. The van der Waals surface area contributed by atoms with Crippen LogP contribution in [0.5, 0.6) is 0 Å². The lowest BCUT2D eigenvalue weighted by Crippen LogP contribution is -2.21. The number of carbonyl (C=O) groups excluding carboxylic acids is 1. The van der Waals surface area contributed by atoms with Crippen molar-refractivity contribution in [2.75, 3.05) is 0 Å². The van der Waals surface area contributed by atoms with Crippen molar-refractivity contribution in [1.82, 2.24) is 14.3 Å². The van der Waals surface area contributed by atoms with E-state index in [0.29, 0.717) is 21.8 Å². The minimum absolute atomic E-state index is 0.193. The fourth-order valence-electron chi connectivity index (χ4n) is 3.18. The number of aryl methyl sites for hydroxylation is 1. The quantitative estimate of drug-likeness (QED) is 0.478. The van der Waals surface area contributed by atoms with Crippen LogP contribution in [0.4, 0.5) is 4.39 Å². The smallest absolute Gasteiger partial charge is 0.387 e. The van der Waals surface area contributed by atoms with Crippen LogP contribution in [0.25, 0.3) is 16.5 Å². The molecule has 0 fully saturated rings. The van der Waals surface area contributed by atoms with Gasteiger partial charge in [0.15, 0.2) is 5.78 Å². The molecule has 28 heavy (non-hydrogen) atoms. The number of nitrogens with zero attached hydrogens (tertiary/aromatic N) is 3. The molecule has 8 heteroatoms. The summed E-state index contributed by atoms with van der Waals surface area (Å²) in [5.41, 5.74) is 2.54. The molecule has 3 heterocycles. The van der Waals surface area contributed by atoms with Crippen molar-refractivity contribution in [3.05, 3.63) is 81.2 Å². The zero-order chi connectivity index (χ0) is 19.8. The minimum atomic E-state index is -0.685. The Morgan fingerprint density at radius 2 is 2.04 bits per heavy atom. The monoisotopic (exact) mass is 397 g/mol. The Labute approximate surface area is 163 Å². The molecule has 0 radical (unpaired) electrons. The van der Waals surface area contributed by atoms with Crippen LogP contribution in [0.1, 0.15) is 21.7 Å². The molecule has 0 amide bonds. The van der Waals surface area contributed by atoms with E-state index in [9.17, 15) is 14.0 Å². The molecule has 0 saturated heterocycles. The Balaban J connectivity index is 1.65. The first kappa shape index (κ1) is 18.1. The second-order valence-corrected chi connectivity index (χ2v) is 7.28. The average molecular weight is 397 g/mol. The molecule has 0 aliphatic rings. The minimum Gasteiger partial charge on any atom is -0.387 e. The SMILES string of the molecule is Cc1cc(C(=O)Cn2nc(-c3cccs3)oc2=O)c(C)n1-c1cccc(F)c1. The third kappa shape index (κ3) is 3.22. The van der Waals surface area contributed by atoms with Gasteiger partial charge in [-0.15, -0.1) is 16.4 Å². The molecule has 4 rings (SSSR count). The van der Waals surface area contributed by atoms with Crippen molar-refractivity contribution < 1.29 is 13.6 Å². The molecule has 0 saturated carbocycles. The summed E-state index contributed by atoms with van der Waals surface area (Å²) in [6.45, 7) is 3.39. The third-order valence-electron chi connectivity index (χ3n) is 4.43. The van der Waals surface area contributed by atoms with E-state index >= 15 is 0 Å². The first-order valence-corrected chi connectivity index (χ1v) is 9.42. The summed E-state index contributed by atoms with van der Waals surface area (Å²) in [6.07, 6.45) is 0. The summed E-state index contributed by atoms with van der Waals surface area (Å²) in [7, 11) is 0. The molecular weight excluding hydrogens is 381 g/mol. The lowest BCUT2D eigenvalue weighted by atomic mass is 10.1. The van der Waals surface area contributed by atoms with Crippen molar-refractivity contribution in [3.63, 3.8) is 0 Å². The van der Waals surface area contributed by atoms with E-state index in [4.69, 9.17) is 4.42 Å². The summed E-state index contributed by atoms with van der Waals surface area (Å²) in [5.74, 6) is -1.12. The number of benzene rings is 1. The van der Waals surface area contributed by atoms with Gasteiger partial charge in [0.25, 0.3) is 5.89 Å². The Morgan fingerprint density at radius 1 is 1.21 bits per heavy atom. The molecule has 0 N–H and O–H groups in total. The summed E-state index contributed by atoms with van der Waals surface area (Å²) >= 11 is 1.39. The van der Waals surface area contributed by atoms with E-state index in [1.165, 1.54) is 23.5 Å². The van der Waals surface area contributed by atoms with Crippen LogP contribution in [0.3, 0.4) is 0 Å². The number of rotatable bonds is 5. The predicted octanol–water partition coefficient (Wildman–Crippen LogP) is 3.99. The van der Waals surface area contributed by atoms with Gasteiger partial charge in [0.1, 0.15) is 12.4 Å². The molecule has 0 bridgehead atoms. The van der Waals surface area contributed by atoms with Crippen molar-refractivity contribution >= 4 is 17.1 Å². The van der Waals surface area contributed by atoms with E-state index in [2.05, 4.69) is 5.10 Å². The van der Waals surface area contributed by atoms with Crippen LogP contribution in [0.2, 0.25) is 0 Å². The number of halogens is 1. The highest BCUT2D eigenvalue weighted by Gasteiger charge is 2.20. The first-order chi connectivity index (χ1) is 13.4. The topological polar surface area (TPSA) is 70.0 Å². The van der Waals surface area contributed by atoms with Crippen molar-refractivity contribution in [2.24, 2.45) is 0 Å². The van der Waals surface area contributed by atoms with Gasteiger partial charge in [-0.2, -0.15) is 4.68 Å². The molecule has 1 aromatic carbocycles. The largest absolute Gasteiger partial charge is 0.437 e. The number of ketones is 1. The van der Waals surface area contributed by atoms with Crippen molar-refractivity contribution in [3.8, 4) is 16.5 Å². The van der Waals surface area contributed by atoms with Crippen LogP contribution in [-0.4, -0.2) is 20.1 Å². The maximum absolute atomic E-state index is 13.6. The van der Waals surface area contributed by atoms with E-state index in [1.54, 1.807) is 35.8 Å². The third-order valence-corrected chi connectivity index (χ3v) is 5.29. The molecule has 0 atom stereocenters. The Bertz CT molecular complexity index is 1220. The molecule has 0 aliphatic carbocycles. The highest BCUT2D eigenvalue weighted by atomic mass is 32.1. The van der Waals surface area contributed by atoms with Gasteiger partial charge in [-0.3, -0.25) is 4.79 Å². The number of thiophene rings is 1. The van der Waals surface area contributed by atoms with Gasteiger partial charge < -0.3 is 8.98 Å². The fourth-order valence-corrected chi connectivity index (χ4v) is 3.83. The zero-order valence-electron chi connectivity index (χ0n) is 15.2. The van der Waals surface area contributed by atoms with Gasteiger partial charge in [0, 0.05) is 22.6 Å². The first-order valence-electron chi connectivity index (χ1n) is 8.54. The molecule has 6 nitrogen and oxygen atoms in total. The van der Waals surface area contributed by atoms with Crippen LogP contribution >= 0.6 is 11.3 Å². The van der Waals surface area contributed by atoms with Gasteiger partial charge in [-0.05, 0) is 49.6 Å². The average Bonchev–Trinajstić information content (AvgIpc) is 3.36. The standard InChI is InChI=1S/C20H16FN3O3S/c1-12-9-16(13(2)24(12)15-6-3-5-14(21)10-15)17(25)11-23-20(26)27-19(22-23)18-7-4-8-28-18/h3-10H,11H2,1-2H3. The highest BCUT2D eigenvalue weighted by Crippen LogP contribution is 2.23. The number of hydrogen-bond acceptors (Lipinski definition) is 5. The maximum atomic E-state index is 13.6. The maximum Gasteiger partial charge on any atom is 0.437 e. The predicted molar refractivity (Wildman–Crippen MR) is 104 cm³/mol. The van der Waals surface area contributed by atoms with Crippen molar-refractivity contribution in [2.45, 2.75) is 20.4 Å². The molecule has 0 aliphatic heterocycles. The molecule has 0 unspecified atom stereocenters. The molecule has 4 aromatic rings. The Hall–Kier alpha value is -3.26. The van der Waals surface area contributed by atoms with Gasteiger partial charge in [0.2, 0.25) is 0 Å². The number of Topliss-reactive ketones (excluding diaryl/α,β-unsaturated/α-hetero) is 1. The van der Waals surface area contributed by atoms with Gasteiger partial charge in [0.05, 0.1) is 4.88 Å². The van der Waals surface area contributed by atoms with Crippen molar-refractivity contribution in [1.29, 1.82) is 0 Å². The summed E-state index contributed by atoms with van der Waals surface area (Å²) in [4.78, 5) is 25.6. The van der Waals surface area contributed by atoms with Crippen LogP contribution in [-0.2, 0) is 6.54 Å².